The monoisotopic (exact) mass is 411 g/mol. The van der Waals surface area contributed by atoms with Crippen LogP contribution in [0.4, 0.5) is 4.79 Å². The molecule has 0 spiro atoms. The van der Waals surface area contributed by atoms with E-state index in [0.29, 0.717) is 0 Å². The van der Waals surface area contributed by atoms with Crippen LogP contribution in [0, 0.1) is 0 Å². The second kappa shape index (κ2) is 8.57. The van der Waals surface area contributed by atoms with Crippen molar-refractivity contribution in [2.75, 3.05) is 6.61 Å². The first-order valence-electron chi connectivity index (χ1n) is 9.72. The van der Waals surface area contributed by atoms with Crippen molar-refractivity contribution in [3.05, 3.63) is 59.7 Å². The Morgan fingerprint density at radius 2 is 1.53 bits per heavy atom. The lowest BCUT2D eigenvalue weighted by Crippen LogP contribution is -2.45. The largest absolute Gasteiger partial charge is 0.481 e. The molecule has 0 bridgehead atoms. The summed E-state index contributed by atoms with van der Waals surface area (Å²) in [6.07, 6.45) is -1.47. The van der Waals surface area contributed by atoms with Crippen molar-refractivity contribution in [1.29, 1.82) is 0 Å². The topological polar surface area (TPSA) is 102 Å². The molecule has 1 aliphatic rings. The summed E-state index contributed by atoms with van der Waals surface area (Å²) in [5.41, 5.74) is 3.48. The highest BCUT2D eigenvalue weighted by atomic mass is 16.6. The maximum Gasteiger partial charge on any atom is 0.408 e. The minimum atomic E-state index is -1.34. The Morgan fingerprint density at radius 1 is 1.00 bits per heavy atom. The number of aliphatic carboxylic acids is 1. The van der Waals surface area contributed by atoms with E-state index in [0.717, 1.165) is 22.3 Å². The molecule has 1 atom stereocenters. The third kappa shape index (κ3) is 4.97. The molecule has 158 valence electrons. The number of rotatable bonds is 6. The molecule has 0 fully saturated rings. The number of carbonyl (C=O) groups is 3. The van der Waals surface area contributed by atoms with E-state index < -0.39 is 36.1 Å². The molecule has 0 saturated carbocycles. The van der Waals surface area contributed by atoms with Gasteiger partial charge in [-0.15, -0.1) is 0 Å². The molecule has 0 aromatic heterocycles. The SMILES string of the molecule is CC(C)(C)OC(=O)N[C@@H](CC(=O)O)C(=O)OCC1c2ccccc2-c2ccccc21. The van der Waals surface area contributed by atoms with Gasteiger partial charge < -0.3 is 19.9 Å². The molecule has 2 N–H and O–H groups in total. The molecule has 2 aromatic rings. The fourth-order valence-electron chi connectivity index (χ4n) is 3.52. The number of benzene rings is 2. The minimum absolute atomic E-state index is 0.0407. The number of hydrogen-bond acceptors (Lipinski definition) is 5. The van der Waals surface area contributed by atoms with Crippen LogP contribution >= 0.6 is 0 Å². The quantitative estimate of drug-likeness (QED) is 0.703. The Labute approximate surface area is 175 Å². The highest BCUT2D eigenvalue weighted by molar-refractivity contribution is 5.86. The molecule has 0 heterocycles. The number of ether oxygens (including phenoxy) is 2. The van der Waals surface area contributed by atoms with Gasteiger partial charge >= 0.3 is 18.0 Å². The van der Waals surface area contributed by atoms with Crippen molar-refractivity contribution < 1.29 is 29.0 Å². The zero-order chi connectivity index (χ0) is 21.9. The summed E-state index contributed by atoms with van der Waals surface area (Å²) >= 11 is 0. The third-order valence-corrected chi connectivity index (χ3v) is 4.71. The van der Waals surface area contributed by atoms with Crippen molar-refractivity contribution in [2.24, 2.45) is 0 Å². The number of amides is 1. The summed E-state index contributed by atoms with van der Waals surface area (Å²) in [5.74, 6) is -2.21. The normalized spacial score (nSPS) is 13.7. The molecule has 7 heteroatoms. The van der Waals surface area contributed by atoms with E-state index in [-0.39, 0.29) is 12.5 Å². The Kier molecular flexibility index (Phi) is 6.10. The molecule has 7 nitrogen and oxygen atoms in total. The summed E-state index contributed by atoms with van der Waals surface area (Å²) in [6, 6.07) is 14.4. The van der Waals surface area contributed by atoms with Crippen LogP contribution in [0.1, 0.15) is 44.2 Å². The van der Waals surface area contributed by atoms with Gasteiger partial charge in [0.05, 0.1) is 6.42 Å². The average Bonchev–Trinajstić information content (AvgIpc) is 2.98. The first kappa shape index (κ1) is 21.4. The lowest BCUT2D eigenvalue weighted by molar-refractivity contribution is -0.150. The Balaban J connectivity index is 1.72. The van der Waals surface area contributed by atoms with Gasteiger partial charge in [-0.1, -0.05) is 48.5 Å². The van der Waals surface area contributed by atoms with Crippen molar-refractivity contribution in [2.45, 2.75) is 44.8 Å². The molecule has 0 unspecified atom stereocenters. The summed E-state index contributed by atoms with van der Waals surface area (Å²) in [4.78, 5) is 35.8. The predicted octanol–water partition coefficient (Wildman–Crippen LogP) is 3.71. The number of carboxylic acid groups (broad SMARTS) is 1. The summed E-state index contributed by atoms with van der Waals surface area (Å²) in [6.45, 7) is 5.06. The van der Waals surface area contributed by atoms with Crippen LogP contribution in [0.2, 0.25) is 0 Å². The van der Waals surface area contributed by atoms with Crippen molar-refractivity contribution in [3.8, 4) is 11.1 Å². The van der Waals surface area contributed by atoms with Gasteiger partial charge in [-0.3, -0.25) is 4.79 Å². The zero-order valence-corrected chi connectivity index (χ0v) is 17.2. The van der Waals surface area contributed by atoms with E-state index in [2.05, 4.69) is 5.32 Å². The van der Waals surface area contributed by atoms with E-state index >= 15 is 0 Å². The van der Waals surface area contributed by atoms with Crippen LogP contribution in [-0.4, -0.2) is 41.4 Å². The maximum absolute atomic E-state index is 12.6. The van der Waals surface area contributed by atoms with Crippen molar-refractivity contribution in [3.63, 3.8) is 0 Å². The molecule has 30 heavy (non-hydrogen) atoms. The molecule has 0 radical (unpaired) electrons. The lowest BCUT2D eigenvalue weighted by atomic mass is 9.98. The maximum atomic E-state index is 12.6. The van der Waals surface area contributed by atoms with Gasteiger partial charge in [-0.25, -0.2) is 9.59 Å². The summed E-state index contributed by atoms with van der Waals surface area (Å²) in [7, 11) is 0. The average molecular weight is 411 g/mol. The van der Waals surface area contributed by atoms with E-state index in [1.54, 1.807) is 20.8 Å². The first-order valence-corrected chi connectivity index (χ1v) is 9.72. The Morgan fingerprint density at radius 3 is 2.03 bits per heavy atom. The molecular formula is C23H25NO6. The molecular weight excluding hydrogens is 386 g/mol. The number of alkyl carbamates (subject to hydrolysis) is 1. The van der Waals surface area contributed by atoms with Crippen molar-refractivity contribution >= 4 is 18.0 Å². The van der Waals surface area contributed by atoms with Gasteiger partial charge in [0.15, 0.2) is 0 Å². The van der Waals surface area contributed by atoms with Gasteiger partial charge in [0, 0.05) is 5.92 Å². The first-order chi connectivity index (χ1) is 14.2. The van der Waals surface area contributed by atoms with Crippen LogP contribution < -0.4 is 5.32 Å². The predicted molar refractivity (Wildman–Crippen MR) is 110 cm³/mol. The van der Waals surface area contributed by atoms with Gasteiger partial charge in [-0.05, 0) is 43.0 Å². The van der Waals surface area contributed by atoms with Crippen LogP contribution in [0.5, 0.6) is 0 Å². The number of fused-ring (bicyclic) bond motifs is 3. The molecule has 0 saturated heterocycles. The van der Waals surface area contributed by atoms with E-state index in [9.17, 15) is 14.4 Å². The second-order valence-electron chi connectivity index (χ2n) is 8.15. The third-order valence-electron chi connectivity index (χ3n) is 4.71. The fourth-order valence-corrected chi connectivity index (χ4v) is 3.52. The molecule has 2 aromatic carbocycles. The Bertz CT molecular complexity index is 917. The molecule has 3 rings (SSSR count). The number of carbonyl (C=O) groups excluding carboxylic acids is 2. The standard InChI is InChI=1S/C23H25NO6/c1-23(2,3)30-22(28)24-19(12-20(25)26)21(27)29-13-18-16-10-6-4-8-14(16)15-9-5-7-11-17(15)18/h4-11,18-19H,12-13H2,1-3H3,(H,24,28)(H,25,26)/t19-/m0/s1. The minimum Gasteiger partial charge on any atom is -0.481 e. The highest BCUT2D eigenvalue weighted by Crippen LogP contribution is 2.44. The molecule has 0 aliphatic heterocycles. The van der Waals surface area contributed by atoms with Crippen LogP contribution in [0.15, 0.2) is 48.5 Å². The second-order valence-corrected chi connectivity index (χ2v) is 8.15. The van der Waals surface area contributed by atoms with E-state index in [1.165, 1.54) is 0 Å². The smallest absolute Gasteiger partial charge is 0.408 e. The van der Waals surface area contributed by atoms with Gasteiger partial charge in [0.25, 0.3) is 0 Å². The van der Waals surface area contributed by atoms with Crippen molar-refractivity contribution in [1.82, 2.24) is 5.32 Å². The van der Waals surface area contributed by atoms with Gasteiger partial charge in [-0.2, -0.15) is 0 Å². The molecule has 1 amide bonds. The van der Waals surface area contributed by atoms with Crippen LogP contribution in [-0.2, 0) is 19.1 Å². The van der Waals surface area contributed by atoms with E-state index in [1.807, 2.05) is 48.5 Å². The lowest BCUT2D eigenvalue weighted by Gasteiger charge is -2.23. The molecule has 1 aliphatic carbocycles. The zero-order valence-electron chi connectivity index (χ0n) is 17.2. The highest BCUT2D eigenvalue weighted by Gasteiger charge is 2.32. The van der Waals surface area contributed by atoms with E-state index in [4.69, 9.17) is 14.6 Å². The summed E-state index contributed by atoms with van der Waals surface area (Å²) in [5, 5.41) is 11.4. The number of esters is 1. The summed E-state index contributed by atoms with van der Waals surface area (Å²) < 4.78 is 10.6. The number of nitrogens with one attached hydrogen (secondary N) is 1. The van der Waals surface area contributed by atoms with Gasteiger partial charge in [0.2, 0.25) is 0 Å². The fraction of sp³-hybridized carbons (Fsp3) is 0.348. The number of hydrogen-bond donors (Lipinski definition) is 2. The number of carboxylic acids is 1. The van der Waals surface area contributed by atoms with Crippen LogP contribution in [0.25, 0.3) is 11.1 Å². The van der Waals surface area contributed by atoms with Gasteiger partial charge in [0.1, 0.15) is 18.2 Å². The Hall–Kier alpha value is -3.35. The van der Waals surface area contributed by atoms with Crippen LogP contribution in [0.3, 0.4) is 0 Å².